The summed E-state index contributed by atoms with van der Waals surface area (Å²) in [6.07, 6.45) is 9.76. The Kier molecular flexibility index (Phi) is 11.6. The number of hydrogen-bond donors (Lipinski definition) is 1. The normalized spacial score (nSPS) is 18.1. The number of hydrogen-bond acceptors (Lipinski definition) is 4. The summed E-state index contributed by atoms with van der Waals surface area (Å²) in [5.74, 6) is 1.01. The molecule has 1 rings (SSSR count). The second-order valence-electron chi connectivity index (χ2n) is 7.59. The lowest BCUT2D eigenvalue weighted by Crippen LogP contribution is -2.20. The highest BCUT2D eigenvalue weighted by Crippen LogP contribution is 2.26. The molecule has 0 heterocycles. The van der Waals surface area contributed by atoms with E-state index in [-0.39, 0.29) is 6.10 Å². The zero-order valence-electron chi connectivity index (χ0n) is 17.8. The highest BCUT2D eigenvalue weighted by molar-refractivity contribution is 5.47. The third-order valence-electron chi connectivity index (χ3n) is 4.77. The molecular formula is C23H38N2O2. The third-order valence-corrected chi connectivity index (χ3v) is 4.77. The van der Waals surface area contributed by atoms with Crippen LogP contribution in [0.4, 0.5) is 0 Å². The number of nitrogens with zero attached hydrogens (tertiary/aromatic N) is 1. The molecule has 1 aliphatic carbocycles. The smallest absolute Gasteiger partial charge is 0.130 e. The SMILES string of the molecule is C=C(OCC(C)OCC(C)CCC)/C(C#N)=C1\C=C(NCCCC)CCC1. The van der Waals surface area contributed by atoms with Gasteiger partial charge in [0.25, 0.3) is 0 Å². The molecule has 0 saturated heterocycles. The minimum atomic E-state index is -0.0147. The largest absolute Gasteiger partial charge is 0.490 e. The van der Waals surface area contributed by atoms with Crippen LogP contribution in [0.25, 0.3) is 0 Å². The van der Waals surface area contributed by atoms with E-state index in [0.717, 1.165) is 44.4 Å². The van der Waals surface area contributed by atoms with Gasteiger partial charge in [0.15, 0.2) is 0 Å². The zero-order valence-corrected chi connectivity index (χ0v) is 17.8. The van der Waals surface area contributed by atoms with E-state index in [1.165, 1.54) is 25.0 Å². The van der Waals surface area contributed by atoms with E-state index < -0.39 is 0 Å². The van der Waals surface area contributed by atoms with Crippen LogP contribution in [0.15, 0.2) is 35.3 Å². The van der Waals surface area contributed by atoms with Gasteiger partial charge in [-0.3, -0.25) is 0 Å². The fourth-order valence-corrected chi connectivity index (χ4v) is 3.14. The maximum Gasteiger partial charge on any atom is 0.130 e. The fourth-order valence-electron chi connectivity index (χ4n) is 3.14. The van der Waals surface area contributed by atoms with Crippen molar-refractivity contribution >= 4 is 0 Å². The van der Waals surface area contributed by atoms with Crippen molar-refractivity contribution in [3.8, 4) is 6.07 Å². The van der Waals surface area contributed by atoms with Gasteiger partial charge in [-0.2, -0.15) is 5.26 Å². The highest BCUT2D eigenvalue weighted by Gasteiger charge is 2.16. The summed E-state index contributed by atoms with van der Waals surface area (Å²) < 4.78 is 11.6. The lowest BCUT2D eigenvalue weighted by molar-refractivity contribution is -0.000391. The van der Waals surface area contributed by atoms with Crippen LogP contribution in [0, 0.1) is 17.2 Å². The van der Waals surface area contributed by atoms with Gasteiger partial charge in [-0.05, 0) is 56.6 Å². The number of unbranched alkanes of at least 4 members (excludes halogenated alkanes) is 1. The van der Waals surface area contributed by atoms with Gasteiger partial charge < -0.3 is 14.8 Å². The number of nitriles is 1. The quantitative estimate of drug-likeness (QED) is 0.258. The van der Waals surface area contributed by atoms with Crippen molar-refractivity contribution in [1.29, 1.82) is 5.26 Å². The predicted octanol–water partition coefficient (Wildman–Crippen LogP) is 5.64. The molecule has 0 spiro atoms. The molecule has 4 nitrogen and oxygen atoms in total. The van der Waals surface area contributed by atoms with Crippen LogP contribution in [0.5, 0.6) is 0 Å². The minimum absolute atomic E-state index is 0.0147. The molecule has 0 aromatic carbocycles. The van der Waals surface area contributed by atoms with Crippen LogP contribution in [0.1, 0.15) is 72.6 Å². The average Bonchev–Trinajstić information content (AvgIpc) is 2.66. The van der Waals surface area contributed by atoms with Crippen molar-refractivity contribution in [2.75, 3.05) is 19.8 Å². The Balaban J connectivity index is 2.58. The maximum absolute atomic E-state index is 9.62. The molecule has 2 unspecified atom stereocenters. The van der Waals surface area contributed by atoms with E-state index in [4.69, 9.17) is 9.47 Å². The first-order valence-corrected chi connectivity index (χ1v) is 10.5. The summed E-state index contributed by atoms with van der Waals surface area (Å²) >= 11 is 0. The topological polar surface area (TPSA) is 54.3 Å². The van der Waals surface area contributed by atoms with E-state index in [2.05, 4.69) is 44.8 Å². The van der Waals surface area contributed by atoms with Gasteiger partial charge >= 0.3 is 0 Å². The van der Waals surface area contributed by atoms with Crippen molar-refractivity contribution in [1.82, 2.24) is 5.32 Å². The molecule has 4 heteroatoms. The van der Waals surface area contributed by atoms with Gasteiger partial charge in [0.2, 0.25) is 0 Å². The summed E-state index contributed by atoms with van der Waals surface area (Å²) in [7, 11) is 0. The summed E-state index contributed by atoms with van der Waals surface area (Å²) in [4.78, 5) is 0. The van der Waals surface area contributed by atoms with Gasteiger partial charge in [-0.25, -0.2) is 0 Å². The second kappa shape index (κ2) is 13.4. The zero-order chi connectivity index (χ0) is 20.1. The number of rotatable bonds is 13. The Labute approximate surface area is 166 Å². The molecule has 2 atom stereocenters. The first kappa shape index (κ1) is 23.3. The molecule has 0 fully saturated rings. The summed E-state index contributed by atoms with van der Waals surface area (Å²) in [5.41, 5.74) is 2.81. The molecule has 0 saturated carbocycles. The van der Waals surface area contributed by atoms with E-state index >= 15 is 0 Å². The molecule has 0 aromatic heterocycles. The van der Waals surface area contributed by atoms with Crippen LogP contribution in [-0.2, 0) is 9.47 Å². The Morgan fingerprint density at radius 2 is 2.04 bits per heavy atom. The molecule has 1 aliphatic rings. The van der Waals surface area contributed by atoms with Crippen LogP contribution in [0.2, 0.25) is 0 Å². The van der Waals surface area contributed by atoms with E-state index in [1.54, 1.807) is 0 Å². The Morgan fingerprint density at radius 1 is 1.26 bits per heavy atom. The van der Waals surface area contributed by atoms with Crippen LogP contribution >= 0.6 is 0 Å². The van der Waals surface area contributed by atoms with Crippen LogP contribution in [0.3, 0.4) is 0 Å². The standard InChI is InChI=1S/C23H38N2O2/c1-6-8-13-25-22-12-9-11-21(14-22)23(15-24)20(5)27-17-19(4)26-16-18(3)10-7-2/h14,18-19,25H,5-13,16-17H2,1-4H3/b23-21-. The maximum atomic E-state index is 9.62. The molecule has 1 N–H and O–H groups in total. The lowest BCUT2D eigenvalue weighted by atomic mass is 9.94. The molecule has 0 aliphatic heterocycles. The van der Waals surface area contributed by atoms with Gasteiger partial charge in [0, 0.05) is 18.8 Å². The number of nitrogens with one attached hydrogen (secondary N) is 1. The van der Waals surface area contributed by atoms with Crippen molar-refractivity contribution in [2.24, 2.45) is 5.92 Å². The summed E-state index contributed by atoms with van der Waals surface area (Å²) in [5, 5.41) is 13.1. The minimum Gasteiger partial charge on any atom is -0.490 e. The fraction of sp³-hybridized carbons (Fsp3) is 0.696. The Bertz CT molecular complexity index is 557. The van der Waals surface area contributed by atoms with Crippen molar-refractivity contribution in [2.45, 2.75) is 78.7 Å². The monoisotopic (exact) mass is 374 g/mol. The number of allylic oxidation sites excluding steroid dienone is 4. The Hall–Kier alpha value is -1.73. The van der Waals surface area contributed by atoms with E-state index in [0.29, 0.717) is 23.9 Å². The molecule has 152 valence electrons. The molecule has 27 heavy (non-hydrogen) atoms. The van der Waals surface area contributed by atoms with Crippen LogP contribution in [-0.4, -0.2) is 25.9 Å². The summed E-state index contributed by atoms with van der Waals surface area (Å²) in [6.45, 7) is 14.7. The van der Waals surface area contributed by atoms with E-state index in [1.807, 2.05) is 6.92 Å². The Morgan fingerprint density at radius 3 is 2.70 bits per heavy atom. The van der Waals surface area contributed by atoms with Gasteiger partial charge in [-0.1, -0.05) is 40.2 Å². The summed E-state index contributed by atoms with van der Waals surface area (Å²) in [6, 6.07) is 2.29. The lowest BCUT2D eigenvalue weighted by Gasteiger charge is -2.20. The molecular weight excluding hydrogens is 336 g/mol. The highest BCUT2D eigenvalue weighted by atomic mass is 16.5. The third kappa shape index (κ3) is 9.15. The molecule has 0 amide bonds. The van der Waals surface area contributed by atoms with Crippen molar-refractivity contribution in [3.05, 3.63) is 35.3 Å². The van der Waals surface area contributed by atoms with Gasteiger partial charge in [0.05, 0.1) is 11.7 Å². The van der Waals surface area contributed by atoms with Crippen molar-refractivity contribution < 1.29 is 9.47 Å². The average molecular weight is 375 g/mol. The van der Waals surface area contributed by atoms with Crippen molar-refractivity contribution in [3.63, 3.8) is 0 Å². The van der Waals surface area contributed by atoms with Crippen LogP contribution < -0.4 is 5.32 Å². The van der Waals surface area contributed by atoms with Gasteiger partial charge in [-0.15, -0.1) is 0 Å². The predicted molar refractivity (Wildman–Crippen MR) is 112 cm³/mol. The second-order valence-corrected chi connectivity index (χ2v) is 7.59. The molecule has 0 aromatic rings. The van der Waals surface area contributed by atoms with E-state index in [9.17, 15) is 5.26 Å². The number of ether oxygens (including phenoxy) is 2. The molecule has 0 radical (unpaired) electrons. The molecule has 0 bridgehead atoms. The van der Waals surface area contributed by atoms with Gasteiger partial charge in [0.1, 0.15) is 18.4 Å². The first-order valence-electron chi connectivity index (χ1n) is 10.5. The first-order chi connectivity index (χ1) is 13.0.